The van der Waals surface area contributed by atoms with Crippen molar-refractivity contribution in [2.24, 2.45) is 7.05 Å². The third kappa shape index (κ3) is 4.09. The number of hydrogen-bond acceptors (Lipinski definition) is 5. The predicted octanol–water partition coefficient (Wildman–Crippen LogP) is 0.266. The summed E-state index contributed by atoms with van der Waals surface area (Å²) in [6.45, 7) is -0.433. The molecule has 2 N–H and O–H groups in total. The minimum atomic E-state index is -4.49. The minimum Gasteiger partial charge on any atom is -0.394 e. The fourth-order valence-electron chi connectivity index (χ4n) is 3.06. The maximum absolute atomic E-state index is 12.9. The number of hydrogen-bond donors (Lipinski definition) is 2. The number of fused-ring (bicyclic) bond motifs is 1. The molecule has 2 heterocycles. The van der Waals surface area contributed by atoms with Gasteiger partial charge in [-0.3, -0.25) is 23.5 Å². The van der Waals surface area contributed by atoms with Crippen molar-refractivity contribution in [2.45, 2.75) is 19.3 Å². The minimum absolute atomic E-state index is 0.00519. The fourth-order valence-corrected chi connectivity index (χ4v) is 3.06. The largest absolute Gasteiger partial charge is 0.416 e. The number of benzene rings is 1. The third-order valence-corrected chi connectivity index (χ3v) is 4.58. The first kappa shape index (κ1) is 21.6. The number of aromatic amines is 1. The Hall–Kier alpha value is -3.12. The van der Waals surface area contributed by atoms with Gasteiger partial charge in [0.15, 0.2) is 5.52 Å². The number of H-pyrrole nitrogens is 1. The molecule has 9 nitrogen and oxygen atoms in total. The first-order valence-corrected chi connectivity index (χ1v) is 8.92. The highest BCUT2D eigenvalue weighted by molar-refractivity contribution is 5.70. The SMILES string of the molecule is Cn1c(=O)n(CCOCCO)c(=O)c2c1[nH]c(=O)n2Cc1ccc(C(F)(F)F)cc1. The van der Waals surface area contributed by atoms with Gasteiger partial charge in [0.25, 0.3) is 5.56 Å². The van der Waals surface area contributed by atoms with Crippen molar-refractivity contribution < 1.29 is 23.0 Å². The van der Waals surface area contributed by atoms with Gasteiger partial charge in [-0.2, -0.15) is 13.2 Å². The molecule has 1 aromatic carbocycles. The van der Waals surface area contributed by atoms with Crippen molar-refractivity contribution >= 4 is 11.2 Å². The molecule has 3 aromatic rings. The smallest absolute Gasteiger partial charge is 0.394 e. The standard InChI is InChI=1S/C18H19F3N4O5/c1-23-14-13(15(27)24(17(23)29)6-8-30-9-7-26)25(16(28)22-14)10-11-2-4-12(5-3-11)18(19,20)21/h2-5,26H,6-10H2,1H3,(H,22,28). The van der Waals surface area contributed by atoms with Gasteiger partial charge in [-0.25, -0.2) is 9.59 Å². The summed E-state index contributed by atoms with van der Waals surface area (Å²) in [5.41, 5.74) is -2.60. The van der Waals surface area contributed by atoms with E-state index in [4.69, 9.17) is 9.84 Å². The number of imidazole rings is 1. The summed E-state index contributed by atoms with van der Waals surface area (Å²) in [5.74, 6) is 0. The number of aliphatic hydroxyl groups is 1. The molecule has 3 rings (SSSR count). The summed E-state index contributed by atoms with van der Waals surface area (Å²) in [4.78, 5) is 40.2. The van der Waals surface area contributed by atoms with E-state index in [-0.39, 0.29) is 44.1 Å². The summed E-state index contributed by atoms with van der Waals surface area (Å²) in [6, 6.07) is 4.22. The second kappa shape index (κ2) is 8.32. The molecule has 0 spiro atoms. The zero-order chi connectivity index (χ0) is 22.1. The van der Waals surface area contributed by atoms with Crippen LogP contribution >= 0.6 is 0 Å². The lowest BCUT2D eigenvalue weighted by Crippen LogP contribution is -2.40. The van der Waals surface area contributed by atoms with Gasteiger partial charge in [-0.1, -0.05) is 12.1 Å². The molecule has 0 radical (unpaired) electrons. The number of aliphatic hydroxyl groups excluding tert-OH is 1. The van der Waals surface area contributed by atoms with Crippen molar-refractivity contribution in [3.8, 4) is 0 Å². The van der Waals surface area contributed by atoms with Crippen molar-refractivity contribution in [3.05, 3.63) is 66.7 Å². The van der Waals surface area contributed by atoms with Crippen LogP contribution in [0.4, 0.5) is 13.2 Å². The highest BCUT2D eigenvalue weighted by Gasteiger charge is 2.30. The quantitative estimate of drug-likeness (QED) is 0.525. The Morgan fingerprint density at radius 3 is 2.33 bits per heavy atom. The molecule has 0 bridgehead atoms. The monoisotopic (exact) mass is 428 g/mol. The van der Waals surface area contributed by atoms with Crippen LogP contribution in [0.25, 0.3) is 11.2 Å². The Kier molecular flexibility index (Phi) is 5.99. The van der Waals surface area contributed by atoms with Crippen LogP contribution in [0.5, 0.6) is 0 Å². The molecule has 0 saturated heterocycles. The number of rotatable bonds is 7. The molecule has 162 valence electrons. The Morgan fingerprint density at radius 2 is 1.73 bits per heavy atom. The van der Waals surface area contributed by atoms with Crippen molar-refractivity contribution in [1.29, 1.82) is 0 Å². The molecule has 2 aromatic heterocycles. The first-order chi connectivity index (χ1) is 14.1. The zero-order valence-corrected chi connectivity index (χ0v) is 15.9. The van der Waals surface area contributed by atoms with E-state index >= 15 is 0 Å². The lowest BCUT2D eigenvalue weighted by Gasteiger charge is -2.10. The van der Waals surface area contributed by atoms with Gasteiger partial charge in [-0.05, 0) is 17.7 Å². The molecular formula is C18H19F3N4O5. The maximum Gasteiger partial charge on any atom is 0.416 e. The Labute approximate surface area is 166 Å². The highest BCUT2D eigenvalue weighted by Crippen LogP contribution is 2.29. The van der Waals surface area contributed by atoms with E-state index in [9.17, 15) is 27.6 Å². The second-order valence-corrected chi connectivity index (χ2v) is 6.54. The molecule has 0 aliphatic carbocycles. The van der Waals surface area contributed by atoms with Crippen LogP contribution in [0.15, 0.2) is 38.6 Å². The van der Waals surface area contributed by atoms with E-state index in [1.54, 1.807) is 0 Å². The summed E-state index contributed by atoms with van der Waals surface area (Å²) in [6.07, 6.45) is -4.49. The van der Waals surface area contributed by atoms with E-state index in [0.29, 0.717) is 5.56 Å². The van der Waals surface area contributed by atoms with Gasteiger partial charge in [-0.15, -0.1) is 0 Å². The van der Waals surface area contributed by atoms with Crippen LogP contribution < -0.4 is 16.9 Å². The fraction of sp³-hybridized carbons (Fsp3) is 0.389. The molecule has 0 saturated carbocycles. The molecule has 0 amide bonds. The summed E-state index contributed by atoms with van der Waals surface area (Å²) in [5, 5.41) is 8.74. The van der Waals surface area contributed by atoms with E-state index in [1.807, 2.05) is 0 Å². The molecule has 0 unspecified atom stereocenters. The average molecular weight is 428 g/mol. The van der Waals surface area contributed by atoms with E-state index in [1.165, 1.54) is 19.2 Å². The molecule has 0 aliphatic rings. The lowest BCUT2D eigenvalue weighted by molar-refractivity contribution is -0.137. The number of alkyl halides is 3. The zero-order valence-electron chi connectivity index (χ0n) is 15.9. The Morgan fingerprint density at radius 1 is 1.07 bits per heavy atom. The van der Waals surface area contributed by atoms with Crippen LogP contribution in [-0.2, 0) is 31.1 Å². The summed E-state index contributed by atoms with van der Waals surface area (Å²) < 4.78 is 46.4. The maximum atomic E-state index is 12.9. The van der Waals surface area contributed by atoms with Crippen LogP contribution in [-0.4, -0.2) is 43.6 Å². The number of nitrogens with zero attached hydrogens (tertiary/aromatic N) is 3. The van der Waals surface area contributed by atoms with Gasteiger partial charge in [0.2, 0.25) is 0 Å². The molecule has 12 heteroatoms. The number of nitrogens with one attached hydrogen (secondary N) is 1. The first-order valence-electron chi connectivity index (χ1n) is 8.92. The predicted molar refractivity (Wildman–Crippen MR) is 101 cm³/mol. The summed E-state index contributed by atoms with van der Waals surface area (Å²) in [7, 11) is 1.38. The van der Waals surface area contributed by atoms with Gasteiger partial charge in [0.1, 0.15) is 5.65 Å². The van der Waals surface area contributed by atoms with E-state index in [2.05, 4.69) is 4.98 Å². The van der Waals surface area contributed by atoms with Gasteiger partial charge in [0.05, 0.1) is 38.5 Å². The van der Waals surface area contributed by atoms with Crippen LogP contribution in [0, 0.1) is 0 Å². The highest BCUT2D eigenvalue weighted by atomic mass is 19.4. The average Bonchev–Trinajstić information content (AvgIpc) is 3.02. The van der Waals surface area contributed by atoms with Crippen molar-refractivity contribution in [1.82, 2.24) is 18.7 Å². The van der Waals surface area contributed by atoms with Gasteiger partial charge in [0, 0.05) is 7.05 Å². The van der Waals surface area contributed by atoms with Crippen LogP contribution in [0.2, 0.25) is 0 Å². The van der Waals surface area contributed by atoms with Crippen molar-refractivity contribution in [3.63, 3.8) is 0 Å². The Balaban J connectivity index is 2.04. The van der Waals surface area contributed by atoms with E-state index in [0.717, 1.165) is 25.8 Å². The molecule has 0 fully saturated rings. The number of aryl methyl sites for hydroxylation is 1. The topological polar surface area (TPSA) is 111 Å². The molecule has 0 aliphatic heterocycles. The number of ether oxygens (including phenoxy) is 1. The Bertz CT molecular complexity index is 1220. The van der Waals surface area contributed by atoms with Crippen LogP contribution in [0.3, 0.4) is 0 Å². The van der Waals surface area contributed by atoms with Crippen molar-refractivity contribution in [2.75, 3.05) is 19.8 Å². The van der Waals surface area contributed by atoms with Crippen LogP contribution in [0.1, 0.15) is 11.1 Å². The molecular weight excluding hydrogens is 409 g/mol. The number of halogens is 3. The molecule has 0 atom stereocenters. The normalized spacial score (nSPS) is 12.0. The summed E-state index contributed by atoms with van der Waals surface area (Å²) >= 11 is 0. The third-order valence-electron chi connectivity index (χ3n) is 4.58. The lowest BCUT2D eigenvalue weighted by atomic mass is 10.1. The second-order valence-electron chi connectivity index (χ2n) is 6.54. The number of aromatic nitrogens is 4. The van der Waals surface area contributed by atoms with E-state index < -0.39 is 28.7 Å². The molecule has 30 heavy (non-hydrogen) atoms. The van der Waals surface area contributed by atoms with Gasteiger partial charge >= 0.3 is 17.6 Å². The van der Waals surface area contributed by atoms with Gasteiger partial charge < -0.3 is 9.84 Å².